The van der Waals surface area contributed by atoms with E-state index in [1.165, 1.54) is 18.3 Å². The van der Waals surface area contributed by atoms with Gasteiger partial charge in [0.25, 0.3) is 5.91 Å². The number of aryl methyl sites for hydroxylation is 1. The van der Waals surface area contributed by atoms with Crippen LogP contribution in [0.2, 0.25) is 0 Å². The third-order valence-corrected chi connectivity index (χ3v) is 3.00. The maximum Gasteiger partial charge on any atom is 0.328 e. The summed E-state index contributed by atoms with van der Waals surface area (Å²) in [5.74, 6) is -1.73. The number of aliphatic hydroxyl groups excluding tert-OH is 1. The predicted molar refractivity (Wildman–Crippen MR) is 59.6 cm³/mol. The van der Waals surface area contributed by atoms with Gasteiger partial charge in [0, 0.05) is 5.38 Å². The van der Waals surface area contributed by atoms with Crippen molar-refractivity contribution in [2.24, 2.45) is 0 Å². The number of hydrogen-bond acceptors (Lipinski definition) is 4. The molecule has 1 amide bonds. The summed E-state index contributed by atoms with van der Waals surface area (Å²) in [6.07, 6.45) is -1.14. The van der Waals surface area contributed by atoms with Crippen LogP contribution in [0.4, 0.5) is 0 Å². The first-order valence-corrected chi connectivity index (χ1v) is 5.62. The number of hydrogen-bond donors (Lipinski definition) is 3. The Kier molecular flexibility index (Phi) is 4.03. The lowest BCUT2D eigenvalue weighted by molar-refractivity contribution is -0.141. The molecule has 1 heterocycles. The summed E-state index contributed by atoms with van der Waals surface area (Å²) in [5.41, 5.74) is 1.23. The average molecular weight is 243 g/mol. The van der Waals surface area contributed by atoms with Gasteiger partial charge in [-0.25, -0.2) is 4.79 Å². The van der Waals surface area contributed by atoms with E-state index in [0.717, 1.165) is 5.56 Å². The molecule has 0 saturated carbocycles. The second kappa shape index (κ2) is 5.09. The number of aliphatic carboxylic acids is 1. The summed E-state index contributed by atoms with van der Waals surface area (Å²) in [5, 5.41) is 23.7. The van der Waals surface area contributed by atoms with Gasteiger partial charge in [-0.3, -0.25) is 4.79 Å². The Morgan fingerprint density at radius 3 is 2.44 bits per heavy atom. The molecule has 1 aromatic rings. The minimum Gasteiger partial charge on any atom is -0.480 e. The van der Waals surface area contributed by atoms with Crippen LogP contribution in [0.15, 0.2) is 10.8 Å². The van der Waals surface area contributed by atoms with E-state index in [9.17, 15) is 14.7 Å². The van der Waals surface area contributed by atoms with Crippen LogP contribution in [0, 0.1) is 6.92 Å². The summed E-state index contributed by atoms with van der Waals surface area (Å²) >= 11 is 1.37. The fraction of sp³-hybridized carbons (Fsp3) is 0.400. The molecule has 0 spiro atoms. The third kappa shape index (κ3) is 2.80. The van der Waals surface area contributed by atoms with E-state index < -0.39 is 24.0 Å². The van der Waals surface area contributed by atoms with Gasteiger partial charge in [-0.05, 0) is 24.8 Å². The molecule has 0 bridgehead atoms. The van der Waals surface area contributed by atoms with Gasteiger partial charge in [0.05, 0.1) is 11.7 Å². The number of carbonyl (C=O) groups excluding carboxylic acids is 1. The standard InChI is InChI=1S/C10H13NO4S/c1-5-3-16-4-7(5)9(13)11-8(6(2)12)10(14)15/h3-4,6,8,12H,1-2H3,(H,11,13)(H,14,15). The van der Waals surface area contributed by atoms with Crippen LogP contribution in [-0.4, -0.2) is 34.2 Å². The lowest BCUT2D eigenvalue weighted by Crippen LogP contribution is -2.47. The fourth-order valence-corrected chi connectivity index (χ4v) is 2.03. The van der Waals surface area contributed by atoms with Crippen molar-refractivity contribution in [2.45, 2.75) is 26.0 Å². The first-order chi connectivity index (χ1) is 7.43. The van der Waals surface area contributed by atoms with Gasteiger partial charge in [0.1, 0.15) is 0 Å². The molecule has 2 atom stereocenters. The largest absolute Gasteiger partial charge is 0.480 e. The normalized spacial score (nSPS) is 14.2. The molecule has 2 unspecified atom stereocenters. The first-order valence-electron chi connectivity index (χ1n) is 4.68. The quantitative estimate of drug-likeness (QED) is 0.723. The molecule has 6 heteroatoms. The highest BCUT2D eigenvalue weighted by molar-refractivity contribution is 7.08. The van der Waals surface area contributed by atoms with Crippen LogP contribution in [0.1, 0.15) is 22.8 Å². The smallest absolute Gasteiger partial charge is 0.328 e. The summed E-state index contributed by atoms with van der Waals surface area (Å²) < 4.78 is 0. The van der Waals surface area contributed by atoms with Crippen molar-refractivity contribution in [1.29, 1.82) is 0 Å². The van der Waals surface area contributed by atoms with E-state index in [1.54, 1.807) is 17.7 Å². The summed E-state index contributed by atoms with van der Waals surface area (Å²) in [7, 11) is 0. The van der Waals surface area contributed by atoms with E-state index in [0.29, 0.717) is 5.56 Å². The van der Waals surface area contributed by atoms with Gasteiger partial charge >= 0.3 is 5.97 Å². The Bertz CT molecular complexity index is 399. The Hall–Kier alpha value is -1.40. The fourth-order valence-electron chi connectivity index (χ4n) is 1.20. The van der Waals surface area contributed by atoms with E-state index in [2.05, 4.69) is 5.32 Å². The summed E-state index contributed by atoms with van der Waals surface area (Å²) in [6.45, 7) is 3.09. The average Bonchev–Trinajstić information content (AvgIpc) is 2.59. The highest BCUT2D eigenvalue weighted by Gasteiger charge is 2.25. The Morgan fingerprint density at radius 1 is 1.44 bits per heavy atom. The van der Waals surface area contributed by atoms with Gasteiger partial charge in [0.2, 0.25) is 0 Å². The number of carbonyl (C=O) groups is 2. The molecule has 0 fully saturated rings. The van der Waals surface area contributed by atoms with E-state index >= 15 is 0 Å². The summed E-state index contributed by atoms with van der Waals surface area (Å²) in [4.78, 5) is 22.4. The molecular weight excluding hydrogens is 230 g/mol. The van der Waals surface area contributed by atoms with Crippen molar-refractivity contribution >= 4 is 23.2 Å². The molecule has 0 aromatic carbocycles. The topological polar surface area (TPSA) is 86.6 Å². The molecule has 3 N–H and O–H groups in total. The van der Waals surface area contributed by atoms with Gasteiger partial charge in [-0.2, -0.15) is 11.3 Å². The van der Waals surface area contributed by atoms with Crippen LogP contribution in [0.5, 0.6) is 0 Å². The van der Waals surface area contributed by atoms with Crippen molar-refractivity contribution in [1.82, 2.24) is 5.32 Å². The molecule has 5 nitrogen and oxygen atoms in total. The minimum atomic E-state index is -1.29. The molecule has 88 valence electrons. The van der Waals surface area contributed by atoms with Gasteiger partial charge in [0.15, 0.2) is 6.04 Å². The van der Waals surface area contributed by atoms with Gasteiger partial charge < -0.3 is 15.5 Å². The highest BCUT2D eigenvalue weighted by atomic mass is 32.1. The predicted octanol–water partition coefficient (Wildman–Crippen LogP) is 0.620. The van der Waals surface area contributed by atoms with E-state index in [4.69, 9.17) is 5.11 Å². The number of aliphatic hydroxyl groups is 1. The molecule has 0 aliphatic heterocycles. The molecule has 0 saturated heterocycles. The number of thiophene rings is 1. The number of carboxylic acid groups (broad SMARTS) is 1. The minimum absolute atomic E-state index is 0.442. The molecule has 16 heavy (non-hydrogen) atoms. The lowest BCUT2D eigenvalue weighted by Gasteiger charge is -2.16. The van der Waals surface area contributed by atoms with Crippen molar-refractivity contribution in [3.63, 3.8) is 0 Å². The van der Waals surface area contributed by atoms with Crippen molar-refractivity contribution in [3.05, 3.63) is 21.9 Å². The molecule has 0 radical (unpaired) electrons. The van der Waals surface area contributed by atoms with Crippen LogP contribution in [0.25, 0.3) is 0 Å². The van der Waals surface area contributed by atoms with E-state index in [1.807, 2.05) is 0 Å². The Labute approximate surface area is 96.7 Å². The van der Waals surface area contributed by atoms with Gasteiger partial charge in [-0.15, -0.1) is 0 Å². The monoisotopic (exact) mass is 243 g/mol. The van der Waals surface area contributed by atoms with Crippen molar-refractivity contribution < 1.29 is 19.8 Å². The van der Waals surface area contributed by atoms with Gasteiger partial charge in [-0.1, -0.05) is 0 Å². The Morgan fingerprint density at radius 2 is 2.06 bits per heavy atom. The van der Waals surface area contributed by atoms with Crippen LogP contribution < -0.4 is 5.32 Å². The maximum absolute atomic E-state index is 11.7. The SMILES string of the molecule is Cc1cscc1C(=O)NC(C(=O)O)C(C)O. The lowest BCUT2D eigenvalue weighted by atomic mass is 10.1. The van der Waals surface area contributed by atoms with Crippen LogP contribution in [-0.2, 0) is 4.79 Å². The van der Waals surface area contributed by atoms with E-state index in [-0.39, 0.29) is 0 Å². The third-order valence-electron chi connectivity index (χ3n) is 2.14. The number of carboxylic acids is 1. The molecular formula is C10H13NO4S. The van der Waals surface area contributed by atoms with Crippen LogP contribution in [0.3, 0.4) is 0 Å². The highest BCUT2D eigenvalue weighted by Crippen LogP contribution is 2.13. The zero-order valence-corrected chi connectivity index (χ0v) is 9.75. The summed E-state index contributed by atoms with van der Waals surface area (Å²) in [6, 6.07) is -1.29. The zero-order valence-electron chi connectivity index (χ0n) is 8.93. The molecule has 0 aliphatic rings. The molecule has 0 aliphatic carbocycles. The first kappa shape index (κ1) is 12.7. The second-order valence-electron chi connectivity index (χ2n) is 3.50. The van der Waals surface area contributed by atoms with Crippen LogP contribution >= 0.6 is 11.3 Å². The van der Waals surface area contributed by atoms with Crippen molar-refractivity contribution in [2.75, 3.05) is 0 Å². The zero-order chi connectivity index (χ0) is 12.3. The Balaban J connectivity index is 2.77. The maximum atomic E-state index is 11.7. The second-order valence-corrected chi connectivity index (χ2v) is 4.24. The molecule has 1 rings (SSSR count). The number of rotatable bonds is 4. The number of amides is 1. The molecule has 1 aromatic heterocycles. The number of nitrogens with one attached hydrogen (secondary N) is 1. The van der Waals surface area contributed by atoms with Crippen molar-refractivity contribution in [3.8, 4) is 0 Å².